The average Bonchev–Trinajstić information content (AvgIpc) is 2.38. The minimum Gasteiger partial charge on any atom is -0.480 e. The molecule has 0 amide bonds. The second kappa shape index (κ2) is 10.7. The molecule has 0 bridgehead atoms. The van der Waals surface area contributed by atoms with Crippen LogP contribution in [0, 0.1) is 0 Å². The largest absolute Gasteiger partial charge is 0.480 e. The van der Waals surface area contributed by atoms with Gasteiger partial charge >= 0.3 is 11.9 Å². The molecular weight excluding hydrogens is 252 g/mol. The Bertz CT molecular complexity index is 267. The number of carboxylic acids is 2. The molecule has 1 aliphatic carbocycles. The molecule has 0 saturated heterocycles. The summed E-state index contributed by atoms with van der Waals surface area (Å²) in [5.41, 5.74) is 4.97. The van der Waals surface area contributed by atoms with Crippen molar-refractivity contribution in [1.82, 2.24) is 5.32 Å². The van der Waals surface area contributed by atoms with Crippen LogP contribution in [0.1, 0.15) is 38.5 Å². The zero-order valence-corrected chi connectivity index (χ0v) is 11.0. The van der Waals surface area contributed by atoms with E-state index in [1.54, 1.807) is 0 Å². The third-order valence-electron chi connectivity index (χ3n) is 2.90. The SMILES string of the molecule is N[C@@H](CCO)C(=O)O.O=C(O)CNC1CCCCC1. The van der Waals surface area contributed by atoms with Crippen LogP contribution in [-0.2, 0) is 9.59 Å². The topological polar surface area (TPSA) is 133 Å². The zero-order chi connectivity index (χ0) is 14.7. The van der Waals surface area contributed by atoms with E-state index in [9.17, 15) is 9.59 Å². The zero-order valence-electron chi connectivity index (χ0n) is 11.0. The van der Waals surface area contributed by atoms with Gasteiger partial charge < -0.3 is 26.4 Å². The molecular formula is C12H24N2O5. The summed E-state index contributed by atoms with van der Waals surface area (Å²) in [6, 6.07) is -0.458. The highest BCUT2D eigenvalue weighted by molar-refractivity contribution is 5.72. The summed E-state index contributed by atoms with van der Waals surface area (Å²) >= 11 is 0. The molecule has 1 fully saturated rings. The number of aliphatic carboxylic acids is 2. The van der Waals surface area contributed by atoms with Crippen molar-refractivity contribution in [2.45, 2.75) is 50.6 Å². The molecule has 0 radical (unpaired) electrons. The monoisotopic (exact) mass is 276 g/mol. The molecule has 1 saturated carbocycles. The van der Waals surface area contributed by atoms with Crippen LogP contribution in [0.15, 0.2) is 0 Å². The fraction of sp³-hybridized carbons (Fsp3) is 0.833. The van der Waals surface area contributed by atoms with Crippen LogP contribution in [-0.4, -0.2) is 52.5 Å². The first-order valence-corrected chi connectivity index (χ1v) is 6.51. The first-order chi connectivity index (χ1) is 8.97. The second-order valence-electron chi connectivity index (χ2n) is 4.57. The fourth-order valence-electron chi connectivity index (χ4n) is 1.80. The van der Waals surface area contributed by atoms with Gasteiger partial charge in [0.05, 0.1) is 6.54 Å². The molecule has 0 aromatic heterocycles. The highest BCUT2D eigenvalue weighted by Gasteiger charge is 2.12. The standard InChI is InChI=1S/C8H15NO2.C4H9NO3/c10-8(11)6-9-7-4-2-1-3-5-7;5-3(1-2-6)4(7)8/h7,9H,1-6H2,(H,10,11);3,6H,1-2,5H2,(H,7,8)/t;3-/m.0/s1. The van der Waals surface area contributed by atoms with Crippen LogP contribution in [0.5, 0.6) is 0 Å². The number of nitrogens with two attached hydrogens (primary N) is 1. The van der Waals surface area contributed by atoms with Crippen LogP contribution in [0.4, 0.5) is 0 Å². The Morgan fingerprint density at radius 1 is 1.21 bits per heavy atom. The highest BCUT2D eigenvalue weighted by Crippen LogP contribution is 2.16. The number of carboxylic acid groups (broad SMARTS) is 2. The molecule has 0 aromatic carbocycles. The summed E-state index contributed by atoms with van der Waals surface area (Å²) in [6.07, 6.45) is 6.22. The highest BCUT2D eigenvalue weighted by atomic mass is 16.4. The number of aliphatic hydroxyl groups excluding tert-OH is 1. The van der Waals surface area contributed by atoms with Crippen molar-refractivity contribution in [2.24, 2.45) is 5.73 Å². The van der Waals surface area contributed by atoms with Gasteiger partial charge in [-0.3, -0.25) is 9.59 Å². The fourth-order valence-corrected chi connectivity index (χ4v) is 1.80. The van der Waals surface area contributed by atoms with Gasteiger partial charge in [-0.25, -0.2) is 0 Å². The van der Waals surface area contributed by atoms with Crippen LogP contribution >= 0.6 is 0 Å². The third-order valence-corrected chi connectivity index (χ3v) is 2.90. The lowest BCUT2D eigenvalue weighted by atomic mass is 9.96. The Kier molecular flexibility index (Phi) is 10.1. The molecule has 112 valence electrons. The quantitative estimate of drug-likeness (QED) is 0.452. The van der Waals surface area contributed by atoms with E-state index in [1.807, 2.05) is 0 Å². The van der Waals surface area contributed by atoms with E-state index in [0.717, 1.165) is 12.8 Å². The molecule has 0 aliphatic heterocycles. The van der Waals surface area contributed by atoms with Crippen molar-refractivity contribution >= 4 is 11.9 Å². The molecule has 7 nitrogen and oxygen atoms in total. The van der Waals surface area contributed by atoms with Gasteiger partial charge in [0, 0.05) is 12.6 Å². The van der Waals surface area contributed by atoms with E-state index in [-0.39, 0.29) is 19.6 Å². The number of hydrogen-bond acceptors (Lipinski definition) is 5. The van der Waals surface area contributed by atoms with E-state index < -0.39 is 18.0 Å². The summed E-state index contributed by atoms with van der Waals surface area (Å²) in [7, 11) is 0. The van der Waals surface area contributed by atoms with Crippen molar-refractivity contribution in [3.63, 3.8) is 0 Å². The molecule has 1 aliphatic rings. The Hall–Kier alpha value is -1.18. The van der Waals surface area contributed by atoms with Gasteiger partial charge in [0.15, 0.2) is 0 Å². The Labute approximate surface area is 112 Å². The van der Waals surface area contributed by atoms with Crippen LogP contribution < -0.4 is 11.1 Å². The van der Waals surface area contributed by atoms with E-state index in [2.05, 4.69) is 5.32 Å². The maximum Gasteiger partial charge on any atom is 0.320 e. The van der Waals surface area contributed by atoms with Gasteiger partial charge in [-0.05, 0) is 19.3 Å². The van der Waals surface area contributed by atoms with Crippen molar-refractivity contribution in [2.75, 3.05) is 13.2 Å². The summed E-state index contributed by atoms with van der Waals surface area (Å²) in [5, 5.41) is 27.6. The lowest BCUT2D eigenvalue weighted by Crippen LogP contribution is -2.34. The predicted molar refractivity (Wildman–Crippen MR) is 69.8 cm³/mol. The van der Waals surface area contributed by atoms with Gasteiger partial charge in [0.25, 0.3) is 0 Å². The van der Waals surface area contributed by atoms with Crippen molar-refractivity contribution in [3.8, 4) is 0 Å². The summed E-state index contributed by atoms with van der Waals surface area (Å²) in [4.78, 5) is 20.0. The van der Waals surface area contributed by atoms with Crippen LogP contribution in [0.3, 0.4) is 0 Å². The molecule has 6 N–H and O–H groups in total. The normalized spacial score (nSPS) is 17.2. The Balaban J connectivity index is 0.000000362. The minimum absolute atomic E-state index is 0.116. The molecule has 0 spiro atoms. The first kappa shape index (κ1) is 17.8. The number of aliphatic hydroxyl groups is 1. The smallest absolute Gasteiger partial charge is 0.320 e. The lowest BCUT2D eigenvalue weighted by Gasteiger charge is -2.21. The number of carbonyl (C=O) groups is 2. The van der Waals surface area contributed by atoms with Gasteiger partial charge in [-0.15, -0.1) is 0 Å². The molecule has 19 heavy (non-hydrogen) atoms. The summed E-state index contributed by atoms with van der Waals surface area (Å²) < 4.78 is 0. The molecule has 7 heteroatoms. The number of hydrogen-bond donors (Lipinski definition) is 5. The van der Waals surface area contributed by atoms with E-state index in [0.29, 0.717) is 6.04 Å². The van der Waals surface area contributed by atoms with Crippen molar-refractivity contribution in [3.05, 3.63) is 0 Å². The lowest BCUT2D eigenvalue weighted by molar-refractivity contribution is -0.139. The number of rotatable bonds is 6. The summed E-state index contributed by atoms with van der Waals surface area (Å²) in [5.74, 6) is -1.82. The van der Waals surface area contributed by atoms with Crippen LogP contribution in [0.25, 0.3) is 0 Å². The van der Waals surface area contributed by atoms with Gasteiger partial charge in [0.2, 0.25) is 0 Å². The van der Waals surface area contributed by atoms with Gasteiger partial charge in [-0.1, -0.05) is 19.3 Å². The Morgan fingerprint density at radius 3 is 2.16 bits per heavy atom. The van der Waals surface area contributed by atoms with E-state index in [1.165, 1.54) is 19.3 Å². The average molecular weight is 276 g/mol. The molecule has 1 atom stereocenters. The van der Waals surface area contributed by atoms with Gasteiger partial charge in [0.1, 0.15) is 6.04 Å². The van der Waals surface area contributed by atoms with Crippen molar-refractivity contribution < 1.29 is 24.9 Å². The number of nitrogens with one attached hydrogen (secondary N) is 1. The van der Waals surface area contributed by atoms with E-state index >= 15 is 0 Å². The molecule has 1 rings (SSSR count). The third kappa shape index (κ3) is 10.4. The predicted octanol–water partition coefficient (Wildman–Crippen LogP) is -0.226. The van der Waals surface area contributed by atoms with Gasteiger partial charge in [-0.2, -0.15) is 0 Å². The molecule has 0 unspecified atom stereocenters. The van der Waals surface area contributed by atoms with Crippen LogP contribution in [0.2, 0.25) is 0 Å². The second-order valence-corrected chi connectivity index (χ2v) is 4.57. The summed E-state index contributed by atoms with van der Waals surface area (Å²) in [6.45, 7) is -0.0574. The molecule has 0 aromatic rings. The van der Waals surface area contributed by atoms with Crippen molar-refractivity contribution in [1.29, 1.82) is 0 Å². The maximum atomic E-state index is 10.2. The van der Waals surface area contributed by atoms with E-state index in [4.69, 9.17) is 21.1 Å². The maximum absolute atomic E-state index is 10.2. The first-order valence-electron chi connectivity index (χ1n) is 6.51. The Morgan fingerprint density at radius 2 is 1.79 bits per heavy atom. The molecule has 0 heterocycles. The minimum atomic E-state index is -1.07.